The summed E-state index contributed by atoms with van der Waals surface area (Å²) >= 11 is 5.79. The van der Waals surface area contributed by atoms with Crippen molar-refractivity contribution in [1.29, 1.82) is 0 Å². The van der Waals surface area contributed by atoms with Gasteiger partial charge in [0.1, 0.15) is 0 Å². The smallest absolute Gasteiger partial charge is 0.270 e. The van der Waals surface area contributed by atoms with Gasteiger partial charge in [0.15, 0.2) is 0 Å². The van der Waals surface area contributed by atoms with Crippen molar-refractivity contribution in [2.24, 2.45) is 7.05 Å². The fourth-order valence-electron chi connectivity index (χ4n) is 1.25. The van der Waals surface area contributed by atoms with E-state index in [4.69, 9.17) is 17.3 Å². The van der Waals surface area contributed by atoms with Crippen molar-refractivity contribution < 1.29 is 4.79 Å². The van der Waals surface area contributed by atoms with E-state index in [0.29, 0.717) is 16.3 Å². The first-order chi connectivity index (χ1) is 8.04. The molecule has 7 nitrogen and oxygen atoms in total. The lowest BCUT2D eigenvalue weighted by Crippen LogP contribution is -2.13. The van der Waals surface area contributed by atoms with E-state index in [-0.39, 0.29) is 5.95 Å². The number of halogens is 1. The van der Waals surface area contributed by atoms with Crippen LogP contribution in [0, 0.1) is 0 Å². The SMILES string of the molecule is Cn1nnc(NC(=O)c2cc(N)cc(Cl)c2)n1. The average Bonchev–Trinajstić information content (AvgIpc) is 2.62. The number of hydrogen-bond acceptors (Lipinski definition) is 5. The number of benzene rings is 1. The molecule has 0 aliphatic heterocycles. The third-order valence-corrected chi connectivity index (χ3v) is 2.13. The molecule has 0 aliphatic rings. The van der Waals surface area contributed by atoms with Gasteiger partial charge in [0.05, 0.1) is 7.05 Å². The van der Waals surface area contributed by atoms with Crippen LogP contribution >= 0.6 is 11.6 Å². The fourth-order valence-corrected chi connectivity index (χ4v) is 1.49. The second kappa shape index (κ2) is 4.38. The summed E-state index contributed by atoms with van der Waals surface area (Å²) in [6.07, 6.45) is 0. The van der Waals surface area contributed by atoms with E-state index in [1.54, 1.807) is 13.1 Å². The molecule has 1 aromatic carbocycles. The Balaban J connectivity index is 2.19. The number of amides is 1. The van der Waals surface area contributed by atoms with Crippen LogP contribution in [0.15, 0.2) is 18.2 Å². The molecule has 1 heterocycles. The molecule has 0 saturated heterocycles. The molecule has 0 aliphatic carbocycles. The molecule has 2 aromatic rings. The highest BCUT2D eigenvalue weighted by atomic mass is 35.5. The summed E-state index contributed by atoms with van der Waals surface area (Å²) in [6.45, 7) is 0. The molecule has 0 bridgehead atoms. The van der Waals surface area contributed by atoms with Gasteiger partial charge in [-0.1, -0.05) is 16.7 Å². The Hall–Kier alpha value is -2.15. The minimum atomic E-state index is -0.396. The van der Waals surface area contributed by atoms with Gasteiger partial charge < -0.3 is 5.73 Å². The first-order valence-corrected chi connectivity index (χ1v) is 5.04. The number of carbonyl (C=O) groups excluding carboxylic acids is 1. The Morgan fingerprint density at radius 3 is 2.82 bits per heavy atom. The molecule has 0 spiro atoms. The van der Waals surface area contributed by atoms with Crippen LogP contribution in [0.1, 0.15) is 10.4 Å². The second-order valence-electron chi connectivity index (χ2n) is 3.33. The van der Waals surface area contributed by atoms with Crippen LogP contribution in [0.5, 0.6) is 0 Å². The van der Waals surface area contributed by atoms with Gasteiger partial charge >= 0.3 is 0 Å². The molecule has 8 heteroatoms. The minimum absolute atomic E-state index is 0.121. The number of nitrogen functional groups attached to an aromatic ring is 1. The number of hydrogen-bond donors (Lipinski definition) is 2. The monoisotopic (exact) mass is 252 g/mol. The first kappa shape index (κ1) is 11.3. The van der Waals surface area contributed by atoms with Crippen LogP contribution in [-0.2, 0) is 7.05 Å². The predicted molar refractivity (Wildman–Crippen MR) is 62.6 cm³/mol. The highest BCUT2D eigenvalue weighted by Gasteiger charge is 2.10. The maximum atomic E-state index is 11.8. The van der Waals surface area contributed by atoms with Crippen molar-refractivity contribution >= 4 is 29.1 Å². The number of tetrazole rings is 1. The predicted octanol–water partition coefficient (Wildman–Crippen LogP) is 0.698. The van der Waals surface area contributed by atoms with Crippen LogP contribution in [-0.4, -0.2) is 26.1 Å². The average molecular weight is 253 g/mol. The van der Waals surface area contributed by atoms with Crippen LogP contribution in [0.3, 0.4) is 0 Å². The van der Waals surface area contributed by atoms with E-state index in [1.807, 2.05) is 0 Å². The third kappa shape index (κ3) is 2.70. The Morgan fingerprint density at radius 2 is 2.24 bits per heavy atom. The summed E-state index contributed by atoms with van der Waals surface area (Å²) in [5.74, 6) is -0.275. The van der Waals surface area contributed by atoms with Gasteiger partial charge in [-0.3, -0.25) is 10.1 Å². The maximum Gasteiger partial charge on any atom is 0.270 e. The topological polar surface area (TPSA) is 98.7 Å². The zero-order valence-corrected chi connectivity index (χ0v) is 9.64. The molecule has 0 radical (unpaired) electrons. The third-order valence-electron chi connectivity index (χ3n) is 1.92. The lowest BCUT2D eigenvalue weighted by Gasteiger charge is -2.02. The van der Waals surface area contributed by atoms with Gasteiger partial charge in [-0.2, -0.15) is 4.80 Å². The first-order valence-electron chi connectivity index (χ1n) is 4.66. The summed E-state index contributed by atoms with van der Waals surface area (Å²) in [5.41, 5.74) is 6.33. The number of nitrogens with two attached hydrogens (primary N) is 1. The largest absolute Gasteiger partial charge is 0.399 e. The lowest BCUT2D eigenvalue weighted by molar-refractivity contribution is 0.102. The summed E-state index contributed by atoms with van der Waals surface area (Å²) in [6, 6.07) is 4.57. The van der Waals surface area contributed by atoms with E-state index < -0.39 is 5.91 Å². The van der Waals surface area contributed by atoms with E-state index in [0.717, 1.165) is 0 Å². The maximum absolute atomic E-state index is 11.8. The Bertz CT molecular complexity index is 546. The van der Waals surface area contributed by atoms with Gasteiger partial charge in [0.25, 0.3) is 11.9 Å². The lowest BCUT2D eigenvalue weighted by atomic mass is 10.2. The van der Waals surface area contributed by atoms with E-state index >= 15 is 0 Å². The number of carbonyl (C=O) groups is 1. The summed E-state index contributed by atoms with van der Waals surface area (Å²) in [4.78, 5) is 13.0. The van der Waals surface area contributed by atoms with Gasteiger partial charge in [0.2, 0.25) is 0 Å². The summed E-state index contributed by atoms with van der Waals surface area (Å²) < 4.78 is 0. The summed E-state index contributed by atoms with van der Waals surface area (Å²) in [7, 11) is 1.60. The molecule has 1 aromatic heterocycles. The van der Waals surface area contributed by atoms with Gasteiger partial charge in [0, 0.05) is 16.3 Å². The number of aryl methyl sites for hydroxylation is 1. The Labute approximate surface area is 102 Å². The van der Waals surface area contributed by atoms with Crippen molar-refractivity contribution in [3.8, 4) is 0 Å². The van der Waals surface area contributed by atoms with Crippen LogP contribution in [0.4, 0.5) is 11.6 Å². The molecule has 0 unspecified atom stereocenters. The molecule has 0 fully saturated rings. The molecule has 0 atom stereocenters. The molecule has 3 N–H and O–H groups in total. The van der Waals surface area contributed by atoms with Crippen LogP contribution in [0.2, 0.25) is 5.02 Å². The zero-order valence-electron chi connectivity index (χ0n) is 8.88. The highest BCUT2D eigenvalue weighted by molar-refractivity contribution is 6.31. The Kier molecular flexibility index (Phi) is 2.92. The van der Waals surface area contributed by atoms with E-state index in [2.05, 4.69) is 20.7 Å². The molecule has 1 amide bonds. The molecule has 2 rings (SSSR count). The number of nitrogens with zero attached hydrogens (tertiary/aromatic N) is 4. The van der Waals surface area contributed by atoms with Gasteiger partial charge in [-0.25, -0.2) is 0 Å². The fraction of sp³-hybridized carbons (Fsp3) is 0.111. The standard InChI is InChI=1S/C9H9ClN6O/c1-16-14-9(13-15-16)12-8(17)5-2-6(10)4-7(11)3-5/h2-4H,11H2,1H3,(H,12,14,17). The van der Waals surface area contributed by atoms with Crippen molar-refractivity contribution in [2.75, 3.05) is 11.1 Å². The minimum Gasteiger partial charge on any atom is -0.399 e. The van der Waals surface area contributed by atoms with Crippen LogP contribution < -0.4 is 11.1 Å². The van der Waals surface area contributed by atoms with Gasteiger partial charge in [-0.05, 0) is 23.4 Å². The normalized spacial score (nSPS) is 10.2. The van der Waals surface area contributed by atoms with E-state index in [9.17, 15) is 4.79 Å². The molecule has 17 heavy (non-hydrogen) atoms. The zero-order chi connectivity index (χ0) is 12.4. The van der Waals surface area contributed by atoms with Crippen molar-refractivity contribution in [3.05, 3.63) is 28.8 Å². The van der Waals surface area contributed by atoms with Crippen molar-refractivity contribution in [3.63, 3.8) is 0 Å². The van der Waals surface area contributed by atoms with Crippen molar-refractivity contribution in [1.82, 2.24) is 20.2 Å². The molecule has 0 saturated carbocycles. The van der Waals surface area contributed by atoms with Gasteiger partial charge in [-0.15, -0.1) is 5.10 Å². The number of rotatable bonds is 2. The second-order valence-corrected chi connectivity index (χ2v) is 3.77. The molecular weight excluding hydrogens is 244 g/mol. The van der Waals surface area contributed by atoms with Crippen LogP contribution in [0.25, 0.3) is 0 Å². The van der Waals surface area contributed by atoms with E-state index in [1.165, 1.54) is 16.9 Å². The number of nitrogens with one attached hydrogen (secondary N) is 1. The quantitative estimate of drug-likeness (QED) is 0.767. The Morgan fingerprint density at radius 1 is 1.47 bits per heavy atom. The summed E-state index contributed by atoms with van der Waals surface area (Å²) in [5, 5.41) is 13.9. The molecular formula is C9H9ClN6O. The number of aromatic nitrogens is 4. The number of anilines is 2. The highest BCUT2D eigenvalue weighted by Crippen LogP contribution is 2.17. The van der Waals surface area contributed by atoms with Crippen molar-refractivity contribution in [2.45, 2.75) is 0 Å². The molecule has 88 valence electrons.